The largest absolute Gasteiger partial charge is 0.340 e. The van der Waals surface area contributed by atoms with E-state index in [1.165, 1.54) is 0 Å². The molecule has 1 amide bonds. The first kappa shape index (κ1) is 13.8. The molecule has 0 aliphatic carbocycles. The van der Waals surface area contributed by atoms with Crippen molar-refractivity contribution in [3.63, 3.8) is 0 Å². The summed E-state index contributed by atoms with van der Waals surface area (Å²) in [6, 6.07) is 0.621. The molecule has 2 rings (SSSR count). The minimum atomic E-state index is 0.213. The Labute approximate surface area is 110 Å². The van der Waals surface area contributed by atoms with E-state index in [2.05, 4.69) is 22.0 Å². The molecule has 0 aromatic heterocycles. The van der Waals surface area contributed by atoms with Crippen LogP contribution in [0.4, 0.5) is 0 Å². The van der Waals surface area contributed by atoms with E-state index in [4.69, 9.17) is 0 Å². The molecule has 2 aliphatic heterocycles. The summed E-state index contributed by atoms with van der Waals surface area (Å²) in [6.07, 6.45) is 0. The van der Waals surface area contributed by atoms with Crippen molar-refractivity contribution in [1.82, 2.24) is 20.0 Å². The Balaban J connectivity index is 1.71. The Morgan fingerprint density at radius 2 is 1.72 bits per heavy atom. The van der Waals surface area contributed by atoms with Crippen LogP contribution in [0.15, 0.2) is 0 Å². The summed E-state index contributed by atoms with van der Waals surface area (Å²) in [5.41, 5.74) is 0. The molecule has 2 heterocycles. The minimum Gasteiger partial charge on any atom is -0.340 e. The van der Waals surface area contributed by atoms with E-state index < -0.39 is 0 Å². The molecular formula is C13H26N4O. The van der Waals surface area contributed by atoms with Gasteiger partial charge in [0.25, 0.3) is 0 Å². The monoisotopic (exact) mass is 254 g/mol. The Hall–Kier alpha value is -0.650. The Kier molecular flexibility index (Phi) is 4.97. The summed E-state index contributed by atoms with van der Waals surface area (Å²) in [6.45, 7) is 13.5. The van der Waals surface area contributed by atoms with Crippen LogP contribution in [-0.2, 0) is 4.79 Å². The summed E-state index contributed by atoms with van der Waals surface area (Å²) in [5.74, 6) is 0.213. The van der Waals surface area contributed by atoms with Gasteiger partial charge in [0, 0.05) is 71.9 Å². The molecule has 2 saturated heterocycles. The Morgan fingerprint density at radius 1 is 1.11 bits per heavy atom. The number of rotatable bonds is 3. The lowest BCUT2D eigenvalue weighted by atomic mass is 10.2. The van der Waals surface area contributed by atoms with Crippen LogP contribution in [0.5, 0.6) is 0 Å². The molecule has 104 valence electrons. The zero-order valence-corrected chi connectivity index (χ0v) is 11.7. The molecule has 18 heavy (non-hydrogen) atoms. The van der Waals surface area contributed by atoms with Gasteiger partial charge in [-0.15, -0.1) is 0 Å². The van der Waals surface area contributed by atoms with Gasteiger partial charge < -0.3 is 10.2 Å². The number of nitrogens with zero attached hydrogens (tertiary/aromatic N) is 3. The van der Waals surface area contributed by atoms with Crippen molar-refractivity contribution >= 4 is 5.91 Å². The average molecular weight is 254 g/mol. The summed E-state index contributed by atoms with van der Waals surface area (Å²) >= 11 is 0. The first-order valence-corrected chi connectivity index (χ1v) is 7.09. The van der Waals surface area contributed by atoms with Crippen LogP contribution in [0.25, 0.3) is 0 Å². The zero-order chi connectivity index (χ0) is 13.0. The third-order valence-corrected chi connectivity index (χ3v) is 4.11. The molecule has 0 saturated carbocycles. The van der Waals surface area contributed by atoms with E-state index in [0.29, 0.717) is 6.04 Å². The quantitative estimate of drug-likeness (QED) is 0.733. The molecular weight excluding hydrogens is 228 g/mol. The second-order valence-electron chi connectivity index (χ2n) is 5.44. The van der Waals surface area contributed by atoms with Crippen LogP contribution >= 0.6 is 0 Å². The summed E-state index contributed by atoms with van der Waals surface area (Å²) in [4.78, 5) is 18.3. The Morgan fingerprint density at radius 3 is 2.28 bits per heavy atom. The normalized spacial score (nSPS) is 25.1. The molecule has 5 nitrogen and oxygen atoms in total. The highest BCUT2D eigenvalue weighted by molar-refractivity contribution is 5.73. The van der Waals surface area contributed by atoms with Crippen LogP contribution in [0, 0.1) is 0 Å². The van der Waals surface area contributed by atoms with Crippen molar-refractivity contribution in [1.29, 1.82) is 0 Å². The molecule has 0 radical (unpaired) electrons. The molecule has 2 fully saturated rings. The van der Waals surface area contributed by atoms with Crippen molar-refractivity contribution < 1.29 is 4.79 Å². The standard InChI is InChI=1S/C13H26N4O/c1-12(16-5-3-14-4-6-16)11-15-7-9-17(10-8-15)13(2)18/h12,14H,3-11H2,1-2H3. The number of piperazine rings is 2. The van der Waals surface area contributed by atoms with Crippen LogP contribution in [0.2, 0.25) is 0 Å². The molecule has 1 unspecified atom stereocenters. The first-order chi connectivity index (χ1) is 8.66. The van der Waals surface area contributed by atoms with Crippen molar-refractivity contribution in [2.75, 3.05) is 58.9 Å². The van der Waals surface area contributed by atoms with Gasteiger partial charge in [-0.3, -0.25) is 14.6 Å². The predicted molar refractivity (Wildman–Crippen MR) is 72.6 cm³/mol. The fourth-order valence-electron chi connectivity index (χ4n) is 2.86. The minimum absolute atomic E-state index is 0.213. The van der Waals surface area contributed by atoms with E-state index in [1.807, 2.05) is 4.90 Å². The Bertz CT molecular complexity index is 270. The SMILES string of the molecule is CC(=O)N1CCN(CC(C)N2CCNCC2)CC1. The summed E-state index contributed by atoms with van der Waals surface area (Å²) < 4.78 is 0. The predicted octanol–water partition coefficient (Wildman–Crippen LogP) is -0.556. The highest BCUT2D eigenvalue weighted by atomic mass is 16.2. The zero-order valence-electron chi connectivity index (χ0n) is 11.7. The molecule has 2 aliphatic rings. The van der Waals surface area contributed by atoms with E-state index in [-0.39, 0.29) is 5.91 Å². The molecule has 0 spiro atoms. The van der Waals surface area contributed by atoms with E-state index >= 15 is 0 Å². The third-order valence-electron chi connectivity index (χ3n) is 4.11. The second-order valence-corrected chi connectivity index (χ2v) is 5.44. The topological polar surface area (TPSA) is 38.8 Å². The van der Waals surface area contributed by atoms with E-state index in [9.17, 15) is 4.79 Å². The van der Waals surface area contributed by atoms with Crippen LogP contribution in [0.1, 0.15) is 13.8 Å². The lowest BCUT2D eigenvalue weighted by Crippen LogP contribution is -2.54. The molecule has 0 bridgehead atoms. The van der Waals surface area contributed by atoms with Crippen molar-refractivity contribution in [3.8, 4) is 0 Å². The van der Waals surface area contributed by atoms with E-state index in [0.717, 1.165) is 58.9 Å². The second kappa shape index (κ2) is 6.50. The van der Waals surface area contributed by atoms with Gasteiger partial charge in [0.05, 0.1) is 0 Å². The van der Waals surface area contributed by atoms with Crippen LogP contribution < -0.4 is 5.32 Å². The fourth-order valence-corrected chi connectivity index (χ4v) is 2.86. The van der Waals surface area contributed by atoms with Gasteiger partial charge in [0.15, 0.2) is 0 Å². The summed E-state index contributed by atoms with van der Waals surface area (Å²) in [7, 11) is 0. The first-order valence-electron chi connectivity index (χ1n) is 7.09. The number of carbonyl (C=O) groups excluding carboxylic acids is 1. The summed E-state index contributed by atoms with van der Waals surface area (Å²) in [5, 5.41) is 3.39. The smallest absolute Gasteiger partial charge is 0.219 e. The van der Waals surface area contributed by atoms with E-state index in [1.54, 1.807) is 6.92 Å². The van der Waals surface area contributed by atoms with Gasteiger partial charge in [-0.2, -0.15) is 0 Å². The van der Waals surface area contributed by atoms with Crippen molar-refractivity contribution in [2.24, 2.45) is 0 Å². The fraction of sp³-hybridized carbons (Fsp3) is 0.923. The number of hydrogen-bond acceptors (Lipinski definition) is 4. The van der Waals surface area contributed by atoms with Crippen molar-refractivity contribution in [2.45, 2.75) is 19.9 Å². The number of carbonyl (C=O) groups is 1. The molecule has 1 atom stereocenters. The molecule has 1 N–H and O–H groups in total. The van der Waals surface area contributed by atoms with Gasteiger partial charge in [0.1, 0.15) is 0 Å². The van der Waals surface area contributed by atoms with Gasteiger partial charge in [0.2, 0.25) is 5.91 Å². The van der Waals surface area contributed by atoms with Gasteiger partial charge in [-0.25, -0.2) is 0 Å². The highest BCUT2D eigenvalue weighted by Crippen LogP contribution is 2.07. The highest BCUT2D eigenvalue weighted by Gasteiger charge is 2.22. The molecule has 0 aromatic rings. The maximum atomic E-state index is 11.3. The number of nitrogens with one attached hydrogen (secondary N) is 1. The maximum absolute atomic E-state index is 11.3. The molecule has 0 aromatic carbocycles. The maximum Gasteiger partial charge on any atom is 0.219 e. The van der Waals surface area contributed by atoms with Crippen LogP contribution in [-0.4, -0.2) is 85.6 Å². The van der Waals surface area contributed by atoms with Crippen molar-refractivity contribution in [3.05, 3.63) is 0 Å². The van der Waals surface area contributed by atoms with Gasteiger partial charge in [-0.05, 0) is 6.92 Å². The van der Waals surface area contributed by atoms with Gasteiger partial charge in [-0.1, -0.05) is 0 Å². The average Bonchev–Trinajstić information content (AvgIpc) is 2.40. The molecule has 5 heteroatoms. The third kappa shape index (κ3) is 3.67. The lowest BCUT2D eigenvalue weighted by molar-refractivity contribution is -0.130. The lowest BCUT2D eigenvalue weighted by Gasteiger charge is -2.39. The van der Waals surface area contributed by atoms with Crippen LogP contribution in [0.3, 0.4) is 0 Å². The number of amides is 1. The number of hydrogen-bond donors (Lipinski definition) is 1. The van der Waals surface area contributed by atoms with Gasteiger partial charge >= 0.3 is 0 Å².